The van der Waals surface area contributed by atoms with Crippen molar-refractivity contribution in [2.45, 2.75) is 17.1 Å². The highest BCUT2D eigenvalue weighted by molar-refractivity contribution is 8.00. The number of rotatable bonds is 6. The number of thioether (sulfide) groups is 1. The minimum atomic E-state index is -0.225. The van der Waals surface area contributed by atoms with Crippen LogP contribution in [0, 0.1) is 0 Å². The van der Waals surface area contributed by atoms with Gasteiger partial charge in [0.25, 0.3) is 0 Å². The summed E-state index contributed by atoms with van der Waals surface area (Å²) in [4.78, 5) is 13.5. The summed E-state index contributed by atoms with van der Waals surface area (Å²) in [6.07, 6.45) is 0. The van der Waals surface area contributed by atoms with Gasteiger partial charge in [0, 0.05) is 15.5 Å². The molecule has 0 radical (unpaired) electrons. The summed E-state index contributed by atoms with van der Waals surface area (Å²) in [5, 5.41) is 0.437. The molecule has 1 atom stereocenters. The first-order valence-electron chi connectivity index (χ1n) is 6.73. The fraction of sp³-hybridized carbons (Fsp3) is 0.235. The standard InChI is InChI=1S/C17H17ClO3S/c1-11(22-14-6-4-5-13(18)10-14)17(19)12-7-8-15(20-2)16(9-12)21-3/h4-11H,1-3H3. The van der Waals surface area contributed by atoms with Crippen molar-refractivity contribution in [1.29, 1.82) is 0 Å². The summed E-state index contributed by atoms with van der Waals surface area (Å²) in [6, 6.07) is 12.7. The summed E-state index contributed by atoms with van der Waals surface area (Å²) in [5.41, 5.74) is 0.597. The third-order valence-corrected chi connectivity index (χ3v) is 4.48. The third kappa shape index (κ3) is 3.96. The van der Waals surface area contributed by atoms with E-state index in [1.165, 1.54) is 11.8 Å². The molecule has 0 N–H and O–H groups in total. The van der Waals surface area contributed by atoms with Crippen LogP contribution < -0.4 is 9.47 Å². The van der Waals surface area contributed by atoms with Gasteiger partial charge in [-0.2, -0.15) is 0 Å². The molecule has 2 aromatic rings. The van der Waals surface area contributed by atoms with E-state index in [4.69, 9.17) is 21.1 Å². The Balaban J connectivity index is 2.16. The molecule has 0 aliphatic carbocycles. The van der Waals surface area contributed by atoms with Crippen molar-refractivity contribution >= 4 is 29.1 Å². The maximum Gasteiger partial charge on any atom is 0.176 e. The zero-order chi connectivity index (χ0) is 16.1. The molecule has 0 saturated carbocycles. The Kier molecular flexibility index (Phi) is 5.75. The van der Waals surface area contributed by atoms with Gasteiger partial charge in [0.05, 0.1) is 19.5 Å². The second-order valence-corrected chi connectivity index (χ2v) is 6.50. The molecule has 0 fully saturated rings. The smallest absolute Gasteiger partial charge is 0.176 e. The summed E-state index contributed by atoms with van der Waals surface area (Å²) < 4.78 is 10.4. The molecule has 5 heteroatoms. The van der Waals surface area contributed by atoms with Gasteiger partial charge in [0.1, 0.15) is 0 Å². The molecule has 2 aromatic carbocycles. The van der Waals surface area contributed by atoms with Gasteiger partial charge in [0.15, 0.2) is 17.3 Å². The van der Waals surface area contributed by atoms with Gasteiger partial charge in [-0.1, -0.05) is 17.7 Å². The Bertz CT molecular complexity index is 673. The average molecular weight is 337 g/mol. The molecular weight excluding hydrogens is 320 g/mol. The summed E-state index contributed by atoms with van der Waals surface area (Å²) >= 11 is 7.45. The van der Waals surface area contributed by atoms with Crippen LogP contribution in [-0.4, -0.2) is 25.3 Å². The molecule has 22 heavy (non-hydrogen) atoms. The normalized spacial score (nSPS) is 11.8. The zero-order valence-corrected chi connectivity index (χ0v) is 14.2. The molecule has 0 aliphatic rings. The van der Waals surface area contributed by atoms with Crippen LogP contribution in [0.15, 0.2) is 47.4 Å². The average Bonchev–Trinajstić information content (AvgIpc) is 2.53. The van der Waals surface area contributed by atoms with E-state index < -0.39 is 0 Å². The topological polar surface area (TPSA) is 35.5 Å². The fourth-order valence-electron chi connectivity index (χ4n) is 2.02. The molecule has 3 nitrogen and oxygen atoms in total. The molecule has 0 spiro atoms. The first-order chi connectivity index (χ1) is 10.5. The van der Waals surface area contributed by atoms with Gasteiger partial charge in [-0.15, -0.1) is 11.8 Å². The van der Waals surface area contributed by atoms with Crippen LogP contribution in [0.4, 0.5) is 0 Å². The fourth-order valence-corrected chi connectivity index (χ4v) is 3.28. The van der Waals surface area contributed by atoms with Gasteiger partial charge >= 0.3 is 0 Å². The van der Waals surface area contributed by atoms with Crippen molar-refractivity contribution in [1.82, 2.24) is 0 Å². The van der Waals surface area contributed by atoms with Gasteiger partial charge in [-0.05, 0) is 43.3 Å². The Morgan fingerprint density at radius 1 is 1.09 bits per heavy atom. The van der Waals surface area contributed by atoms with E-state index in [1.807, 2.05) is 31.2 Å². The summed E-state index contributed by atoms with van der Waals surface area (Å²) in [7, 11) is 3.12. The Morgan fingerprint density at radius 2 is 1.82 bits per heavy atom. The molecule has 0 aliphatic heterocycles. The number of Topliss-reactive ketones (excluding diaryl/α,β-unsaturated/α-hetero) is 1. The van der Waals surface area contributed by atoms with Crippen LogP contribution in [0.3, 0.4) is 0 Å². The number of benzene rings is 2. The van der Waals surface area contributed by atoms with Crippen LogP contribution >= 0.6 is 23.4 Å². The molecule has 2 rings (SSSR count). The predicted octanol–water partition coefficient (Wildman–Crippen LogP) is 4.72. The second-order valence-electron chi connectivity index (χ2n) is 4.65. The first kappa shape index (κ1) is 16.7. The van der Waals surface area contributed by atoms with Gasteiger partial charge in [-0.25, -0.2) is 0 Å². The minimum absolute atomic E-state index is 0.0333. The number of methoxy groups -OCH3 is 2. The highest BCUT2D eigenvalue weighted by atomic mass is 35.5. The molecule has 0 amide bonds. The molecular formula is C17H17ClO3S. The van der Waals surface area contributed by atoms with E-state index in [2.05, 4.69) is 0 Å². The lowest BCUT2D eigenvalue weighted by molar-refractivity contribution is 0.0993. The predicted molar refractivity (Wildman–Crippen MR) is 90.6 cm³/mol. The number of ether oxygens (including phenoxy) is 2. The lowest BCUT2D eigenvalue weighted by Crippen LogP contribution is -2.13. The van der Waals surface area contributed by atoms with E-state index in [9.17, 15) is 4.79 Å². The monoisotopic (exact) mass is 336 g/mol. The van der Waals surface area contributed by atoms with Crippen LogP contribution in [-0.2, 0) is 0 Å². The Morgan fingerprint density at radius 3 is 2.45 bits per heavy atom. The van der Waals surface area contributed by atoms with E-state index in [1.54, 1.807) is 32.4 Å². The highest BCUT2D eigenvalue weighted by Gasteiger charge is 2.18. The number of halogens is 1. The quantitative estimate of drug-likeness (QED) is 0.564. The first-order valence-corrected chi connectivity index (χ1v) is 7.99. The summed E-state index contributed by atoms with van der Waals surface area (Å²) in [6.45, 7) is 1.88. The largest absolute Gasteiger partial charge is 0.493 e. The van der Waals surface area contributed by atoms with Crippen LogP contribution in [0.25, 0.3) is 0 Å². The zero-order valence-electron chi connectivity index (χ0n) is 12.6. The van der Waals surface area contributed by atoms with Crippen LogP contribution in [0.5, 0.6) is 11.5 Å². The van der Waals surface area contributed by atoms with Gasteiger partial charge in [0.2, 0.25) is 0 Å². The molecule has 116 valence electrons. The lowest BCUT2D eigenvalue weighted by atomic mass is 10.1. The molecule has 0 heterocycles. The maximum absolute atomic E-state index is 12.6. The van der Waals surface area contributed by atoms with Crippen molar-refractivity contribution in [2.24, 2.45) is 0 Å². The lowest BCUT2D eigenvalue weighted by Gasteiger charge is -2.13. The van der Waals surface area contributed by atoms with Crippen molar-refractivity contribution in [3.63, 3.8) is 0 Å². The van der Waals surface area contributed by atoms with Crippen molar-refractivity contribution in [3.8, 4) is 11.5 Å². The highest BCUT2D eigenvalue weighted by Crippen LogP contribution is 2.31. The number of hydrogen-bond acceptors (Lipinski definition) is 4. The number of carbonyl (C=O) groups is 1. The van der Waals surface area contributed by atoms with Gasteiger partial charge < -0.3 is 9.47 Å². The maximum atomic E-state index is 12.6. The number of carbonyl (C=O) groups excluding carboxylic acids is 1. The van der Waals surface area contributed by atoms with E-state index in [0.717, 1.165) is 4.90 Å². The van der Waals surface area contributed by atoms with Crippen molar-refractivity contribution < 1.29 is 14.3 Å². The number of hydrogen-bond donors (Lipinski definition) is 0. The summed E-state index contributed by atoms with van der Waals surface area (Å²) in [5.74, 6) is 1.19. The van der Waals surface area contributed by atoms with E-state index in [0.29, 0.717) is 22.1 Å². The van der Waals surface area contributed by atoms with Gasteiger partial charge in [-0.3, -0.25) is 4.79 Å². The third-order valence-electron chi connectivity index (χ3n) is 3.15. The number of ketones is 1. The molecule has 0 aromatic heterocycles. The van der Waals surface area contributed by atoms with Crippen LogP contribution in [0.1, 0.15) is 17.3 Å². The van der Waals surface area contributed by atoms with Crippen molar-refractivity contribution in [2.75, 3.05) is 14.2 Å². The Labute approximate surface area is 139 Å². The molecule has 0 saturated heterocycles. The molecule has 0 bridgehead atoms. The van der Waals surface area contributed by atoms with Crippen molar-refractivity contribution in [3.05, 3.63) is 53.1 Å². The SMILES string of the molecule is COc1ccc(C(=O)C(C)Sc2cccc(Cl)c2)cc1OC. The van der Waals surface area contributed by atoms with E-state index in [-0.39, 0.29) is 11.0 Å². The van der Waals surface area contributed by atoms with Crippen LogP contribution in [0.2, 0.25) is 5.02 Å². The minimum Gasteiger partial charge on any atom is -0.493 e. The molecule has 1 unspecified atom stereocenters. The second kappa shape index (κ2) is 7.56. The Hall–Kier alpha value is -1.65. The van der Waals surface area contributed by atoms with E-state index >= 15 is 0 Å².